The maximum Gasteiger partial charge on any atom is 0.216 e. The monoisotopic (exact) mass is 279 g/mol. The Hall–Kier alpha value is -2.42. The third-order valence-electron chi connectivity index (χ3n) is 3.92. The van der Waals surface area contributed by atoms with Crippen LogP contribution >= 0.6 is 0 Å². The molecule has 1 aliphatic carbocycles. The number of ether oxygens (including phenoxy) is 1. The summed E-state index contributed by atoms with van der Waals surface area (Å²) in [6, 6.07) is 12.0. The van der Waals surface area contributed by atoms with Gasteiger partial charge in [0.25, 0.3) is 0 Å². The Bertz CT molecular complexity index is 710. The zero-order chi connectivity index (χ0) is 15.2. The van der Waals surface area contributed by atoms with Gasteiger partial charge in [-0.1, -0.05) is 47.5 Å². The van der Waals surface area contributed by atoms with Gasteiger partial charge in [-0.05, 0) is 25.0 Å². The lowest BCUT2D eigenvalue weighted by atomic mass is 9.91. The van der Waals surface area contributed by atoms with Crippen LogP contribution < -0.4 is 0 Å². The Morgan fingerprint density at radius 3 is 1.90 bits per heavy atom. The SMILES string of the molecule is CC(=N)OC1(C=O)c2cc(C)ccc2-c2ccc(C)cc21. The molecule has 0 aromatic heterocycles. The van der Waals surface area contributed by atoms with Crippen LogP contribution in [0.5, 0.6) is 0 Å². The van der Waals surface area contributed by atoms with Gasteiger partial charge < -0.3 is 4.74 Å². The summed E-state index contributed by atoms with van der Waals surface area (Å²) in [7, 11) is 0. The molecule has 0 bridgehead atoms. The van der Waals surface area contributed by atoms with Crippen LogP contribution in [0.25, 0.3) is 11.1 Å². The van der Waals surface area contributed by atoms with Gasteiger partial charge in [0.05, 0.1) is 0 Å². The number of hydrogen-bond donors (Lipinski definition) is 1. The van der Waals surface area contributed by atoms with Gasteiger partial charge in [0.15, 0.2) is 12.2 Å². The van der Waals surface area contributed by atoms with Gasteiger partial charge in [-0.3, -0.25) is 10.2 Å². The van der Waals surface area contributed by atoms with Gasteiger partial charge in [0.1, 0.15) is 0 Å². The molecule has 106 valence electrons. The first-order chi connectivity index (χ1) is 9.98. The molecule has 1 aliphatic rings. The van der Waals surface area contributed by atoms with Crippen molar-refractivity contribution in [1.29, 1.82) is 5.41 Å². The quantitative estimate of drug-likeness (QED) is 0.517. The first-order valence-electron chi connectivity index (χ1n) is 6.91. The Morgan fingerprint density at radius 1 is 1.05 bits per heavy atom. The second-order valence-corrected chi connectivity index (χ2v) is 5.61. The Kier molecular flexibility index (Phi) is 2.94. The standard InChI is InChI=1S/C18H17NO2/c1-11-4-6-14-15-7-5-12(2)9-17(15)18(10-20,16(14)8-11)21-13(3)19/h4-10,19H,1-3H3. The van der Waals surface area contributed by atoms with Crippen molar-refractivity contribution in [3.63, 3.8) is 0 Å². The molecule has 0 atom stereocenters. The zero-order valence-electron chi connectivity index (χ0n) is 12.4. The van der Waals surface area contributed by atoms with Gasteiger partial charge in [0, 0.05) is 18.1 Å². The van der Waals surface area contributed by atoms with Gasteiger partial charge >= 0.3 is 0 Å². The van der Waals surface area contributed by atoms with E-state index in [-0.39, 0.29) is 5.90 Å². The second-order valence-electron chi connectivity index (χ2n) is 5.61. The number of fused-ring (bicyclic) bond motifs is 3. The summed E-state index contributed by atoms with van der Waals surface area (Å²) in [5.74, 6) is 0.0314. The lowest BCUT2D eigenvalue weighted by Crippen LogP contribution is -2.32. The van der Waals surface area contributed by atoms with Crippen LogP contribution in [0, 0.1) is 19.3 Å². The molecule has 3 rings (SSSR count). The van der Waals surface area contributed by atoms with E-state index in [1.165, 1.54) is 0 Å². The highest BCUT2D eigenvalue weighted by Gasteiger charge is 2.46. The van der Waals surface area contributed by atoms with Crippen LogP contribution in [0.1, 0.15) is 29.2 Å². The number of aryl methyl sites for hydroxylation is 2. The number of rotatable bonds is 2. The van der Waals surface area contributed by atoms with E-state index >= 15 is 0 Å². The van der Waals surface area contributed by atoms with E-state index in [1.54, 1.807) is 6.92 Å². The number of aldehydes is 1. The van der Waals surface area contributed by atoms with Gasteiger partial charge in [0.2, 0.25) is 5.60 Å². The first kappa shape index (κ1) is 13.6. The summed E-state index contributed by atoms with van der Waals surface area (Å²) in [5, 5.41) is 7.70. The highest BCUT2D eigenvalue weighted by Crippen LogP contribution is 2.49. The second kappa shape index (κ2) is 4.55. The normalized spacial score (nSPS) is 14.2. The summed E-state index contributed by atoms with van der Waals surface area (Å²) in [6.07, 6.45) is 0.814. The van der Waals surface area contributed by atoms with Gasteiger partial charge in [-0.25, -0.2) is 0 Å². The summed E-state index contributed by atoms with van der Waals surface area (Å²) < 4.78 is 5.73. The molecule has 0 heterocycles. The van der Waals surface area contributed by atoms with E-state index in [0.29, 0.717) is 0 Å². The van der Waals surface area contributed by atoms with E-state index in [1.807, 2.05) is 50.2 Å². The highest BCUT2D eigenvalue weighted by atomic mass is 16.5. The topological polar surface area (TPSA) is 50.1 Å². The zero-order valence-corrected chi connectivity index (χ0v) is 12.4. The smallest absolute Gasteiger partial charge is 0.216 e. The van der Waals surface area contributed by atoms with Gasteiger partial charge in [-0.2, -0.15) is 0 Å². The van der Waals surface area contributed by atoms with E-state index in [4.69, 9.17) is 10.1 Å². The minimum Gasteiger partial charge on any atom is -0.458 e. The lowest BCUT2D eigenvalue weighted by molar-refractivity contribution is -0.119. The van der Waals surface area contributed by atoms with Crippen molar-refractivity contribution in [2.75, 3.05) is 0 Å². The third kappa shape index (κ3) is 1.88. The van der Waals surface area contributed by atoms with Crippen molar-refractivity contribution < 1.29 is 9.53 Å². The molecule has 0 saturated carbocycles. The summed E-state index contributed by atoms with van der Waals surface area (Å²) in [6.45, 7) is 5.53. The van der Waals surface area contributed by atoms with E-state index in [2.05, 4.69) is 0 Å². The van der Waals surface area contributed by atoms with Crippen molar-refractivity contribution >= 4 is 12.2 Å². The average molecular weight is 279 g/mol. The number of nitrogens with one attached hydrogen (secondary N) is 1. The molecule has 1 N–H and O–H groups in total. The highest BCUT2D eigenvalue weighted by molar-refractivity contribution is 5.92. The molecule has 3 nitrogen and oxygen atoms in total. The van der Waals surface area contributed by atoms with Crippen LogP contribution in [-0.2, 0) is 15.1 Å². The Balaban J connectivity index is 2.38. The molecule has 3 heteroatoms. The molecule has 0 aliphatic heterocycles. The Labute approximate surface area is 124 Å². The summed E-state index contributed by atoms with van der Waals surface area (Å²) in [5.41, 5.74) is 4.59. The van der Waals surface area contributed by atoms with Crippen LogP contribution in [0.2, 0.25) is 0 Å². The fourth-order valence-electron chi connectivity index (χ4n) is 3.05. The van der Waals surface area contributed by atoms with Crippen molar-refractivity contribution in [2.45, 2.75) is 26.4 Å². The molecule has 0 radical (unpaired) electrons. The van der Waals surface area contributed by atoms with Crippen LogP contribution in [-0.4, -0.2) is 12.2 Å². The molecular weight excluding hydrogens is 262 g/mol. The Morgan fingerprint density at radius 2 is 1.52 bits per heavy atom. The molecule has 0 fully saturated rings. The predicted octanol–water partition coefficient (Wildman–Crippen LogP) is 3.74. The fraction of sp³-hybridized carbons (Fsp3) is 0.222. The maximum absolute atomic E-state index is 12.0. The van der Waals surface area contributed by atoms with E-state index < -0.39 is 5.60 Å². The number of carbonyl (C=O) groups is 1. The maximum atomic E-state index is 12.0. The molecule has 21 heavy (non-hydrogen) atoms. The lowest BCUT2D eigenvalue weighted by Gasteiger charge is -2.26. The van der Waals surface area contributed by atoms with Crippen LogP contribution in [0.3, 0.4) is 0 Å². The molecule has 0 amide bonds. The summed E-state index contributed by atoms with van der Waals surface area (Å²) in [4.78, 5) is 12.0. The number of carbonyl (C=O) groups excluding carboxylic acids is 1. The molecule has 0 unspecified atom stereocenters. The summed E-state index contributed by atoms with van der Waals surface area (Å²) >= 11 is 0. The van der Waals surface area contributed by atoms with Gasteiger partial charge in [-0.15, -0.1) is 0 Å². The number of hydrogen-bond acceptors (Lipinski definition) is 3. The minimum atomic E-state index is -1.20. The van der Waals surface area contributed by atoms with Crippen molar-refractivity contribution in [3.8, 4) is 11.1 Å². The molecule has 0 saturated heterocycles. The predicted molar refractivity (Wildman–Crippen MR) is 82.7 cm³/mol. The average Bonchev–Trinajstić information content (AvgIpc) is 2.68. The minimum absolute atomic E-state index is 0.0314. The first-order valence-corrected chi connectivity index (χ1v) is 6.91. The van der Waals surface area contributed by atoms with E-state index in [0.717, 1.165) is 39.7 Å². The molecule has 2 aromatic carbocycles. The molecule has 0 spiro atoms. The van der Waals surface area contributed by atoms with Crippen molar-refractivity contribution in [1.82, 2.24) is 0 Å². The molecule has 2 aromatic rings. The van der Waals surface area contributed by atoms with E-state index in [9.17, 15) is 4.79 Å². The van der Waals surface area contributed by atoms with Crippen LogP contribution in [0.4, 0.5) is 0 Å². The van der Waals surface area contributed by atoms with Crippen molar-refractivity contribution in [3.05, 3.63) is 58.7 Å². The molecular formula is C18H17NO2. The largest absolute Gasteiger partial charge is 0.458 e. The fourth-order valence-corrected chi connectivity index (χ4v) is 3.05. The van der Waals surface area contributed by atoms with Crippen molar-refractivity contribution in [2.24, 2.45) is 0 Å². The third-order valence-corrected chi connectivity index (χ3v) is 3.92. The van der Waals surface area contributed by atoms with Crippen LogP contribution in [0.15, 0.2) is 36.4 Å². The number of benzene rings is 2.